The Morgan fingerprint density at radius 1 is 1.13 bits per heavy atom. The van der Waals surface area contributed by atoms with Gasteiger partial charge in [0.05, 0.1) is 5.69 Å². The Morgan fingerprint density at radius 2 is 1.87 bits per heavy atom. The summed E-state index contributed by atoms with van der Waals surface area (Å²) < 4.78 is 0. The minimum absolute atomic E-state index is 0.123. The quantitative estimate of drug-likeness (QED) is 0.672. The smallest absolute Gasteiger partial charge is 0.257 e. The number of aryl methyl sites for hydroxylation is 1. The van der Waals surface area contributed by atoms with E-state index < -0.39 is 0 Å². The molecular formula is C18H16N2OS2. The molecule has 0 saturated heterocycles. The van der Waals surface area contributed by atoms with Gasteiger partial charge in [0.15, 0.2) is 5.13 Å². The van der Waals surface area contributed by atoms with Gasteiger partial charge in [-0.05, 0) is 36.9 Å². The maximum absolute atomic E-state index is 12.3. The van der Waals surface area contributed by atoms with E-state index in [4.69, 9.17) is 0 Å². The van der Waals surface area contributed by atoms with Crippen LogP contribution in [0, 0.1) is 6.92 Å². The molecule has 3 aromatic rings. The molecule has 0 aliphatic rings. The first-order valence-corrected chi connectivity index (χ1v) is 9.25. The van der Waals surface area contributed by atoms with Crippen molar-refractivity contribution >= 4 is 34.1 Å². The van der Waals surface area contributed by atoms with Crippen molar-refractivity contribution in [1.29, 1.82) is 0 Å². The first kappa shape index (κ1) is 15.8. The van der Waals surface area contributed by atoms with Gasteiger partial charge in [-0.25, -0.2) is 4.98 Å². The van der Waals surface area contributed by atoms with Crippen LogP contribution in [0.5, 0.6) is 0 Å². The van der Waals surface area contributed by atoms with Crippen LogP contribution in [0.2, 0.25) is 0 Å². The van der Waals surface area contributed by atoms with Crippen molar-refractivity contribution in [2.24, 2.45) is 0 Å². The number of amides is 1. The molecule has 0 atom stereocenters. The van der Waals surface area contributed by atoms with Crippen molar-refractivity contribution in [2.75, 3.05) is 11.6 Å². The van der Waals surface area contributed by atoms with E-state index in [0.29, 0.717) is 10.7 Å². The predicted octanol–water partition coefficient (Wildman–Crippen LogP) is 5.09. The Morgan fingerprint density at radius 3 is 2.57 bits per heavy atom. The molecule has 1 N–H and O–H groups in total. The number of aromatic nitrogens is 1. The van der Waals surface area contributed by atoms with Gasteiger partial charge in [0, 0.05) is 21.4 Å². The first-order valence-electron chi connectivity index (χ1n) is 7.14. The van der Waals surface area contributed by atoms with Gasteiger partial charge in [0.1, 0.15) is 0 Å². The van der Waals surface area contributed by atoms with Crippen LogP contribution in [0.25, 0.3) is 11.3 Å². The number of nitrogens with one attached hydrogen (secondary N) is 1. The third-order valence-corrected chi connectivity index (χ3v) is 5.00. The highest BCUT2D eigenvalue weighted by Crippen LogP contribution is 2.27. The van der Waals surface area contributed by atoms with E-state index in [0.717, 1.165) is 16.8 Å². The highest BCUT2D eigenvalue weighted by Gasteiger charge is 2.11. The normalized spacial score (nSPS) is 10.5. The summed E-state index contributed by atoms with van der Waals surface area (Å²) in [6, 6.07) is 15.8. The summed E-state index contributed by atoms with van der Waals surface area (Å²) in [4.78, 5) is 18.0. The molecule has 3 rings (SSSR count). The molecule has 23 heavy (non-hydrogen) atoms. The fraction of sp³-hybridized carbons (Fsp3) is 0.111. The molecular weight excluding hydrogens is 324 g/mol. The van der Waals surface area contributed by atoms with E-state index in [2.05, 4.69) is 28.7 Å². The molecule has 0 aliphatic carbocycles. The number of thioether (sulfide) groups is 1. The van der Waals surface area contributed by atoms with Gasteiger partial charge in [0.2, 0.25) is 0 Å². The van der Waals surface area contributed by atoms with E-state index in [9.17, 15) is 4.79 Å². The predicted molar refractivity (Wildman–Crippen MR) is 98.5 cm³/mol. The highest BCUT2D eigenvalue weighted by atomic mass is 32.2. The van der Waals surface area contributed by atoms with E-state index in [-0.39, 0.29) is 5.91 Å². The molecule has 0 aliphatic heterocycles. The summed E-state index contributed by atoms with van der Waals surface area (Å²) >= 11 is 3.15. The molecule has 0 saturated carbocycles. The third-order valence-electron chi connectivity index (χ3n) is 3.50. The van der Waals surface area contributed by atoms with Crippen LogP contribution in [0.3, 0.4) is 0 Å². The fourth-order valence-corrected chi connectivity index (χ4v) is 3.34. The van der Waals surface area contributed by atoms with Crippen LogP contribution in [-0.4, -0.2) is 17.1 Å². The van der Waals surface area contributed by atoms with Gasteiger partial charge in [-0.3, -0.25) is 10.1 Å². The molecule has 0 fully saturated rings. The third kappa shape index (κ3) is 3.63. The van der Waals surface area contributed by atoms with Gasteiger partial charge in [-0.15, -0.1) is 23.1 Å². The van der Waals surface area contributed by atoms with E-state index in [1.165, 1.54) is 16.2 Å². The molecule has 1 amide bonds. The van der Waals surface area contributed by atoms with Gasteiger partial charge in [-0.1, -0.05) is 30.3 Å². The van der Waals surface area contributed by atoms with Crippen LogP contribution < -0.4 is 5.32 Å². The second kappa shape index (κ2) is 6.98. The minimum Gasteiger partial charge on any atom is -0.298 e. The average molecular weight is 340 g/mol. The highest BCUT2D eigenvalue weighted by molar-refractivity contribution is 7.98. The lowest BCUT2D eigenvalue weighted by molar-refractivity contribution is 0.102. The van der Waals surface area contributed by atoms with Crippen molar-refractivity contribution in [2.45, 2.75) is 11.8 Å². The number of carbonyl (C=O) groups excluding carboxylic acids is 1. The Balaban J connectivity index is 1.76. The Bertz CT molecular complexity index is 825. The topological polar surface area (TPSA) is 42.0 Å². The lowest BCUT2D eigenvalue weighted by atomic mass is 10.1. The number of carbonyl (C=O) groups is 1. The van der Waals surface area contributed by atoms with Crippen molar-refractivity contribution < 1.29 is 4.79 Å². The van der Waals surface area contributed by atoms with Crippen LogP contribution in [0.4, 0.5) is 5.13 Å². The maximum atomic E-state index is 12.3. The van der Waals surface area contributed by atoms with Crippen molar-refractivity contribution in [3.05, 3.63) is 65.0 Å². The second-order valence-electron chi connectivity index (χ2n) is 5.04. The SMILES string of the molecule is CSc1ccc(-c2csc(NC(=O)c3ccccc3C)n2)cc1. The van der Waals surface area contributed by atoms with E-state index in [1.807, 2.05) is 48.7 Å². The zero-order chi connectivity index (χ0) is 16.2. The number of thiazole rings is 1. The number of benzene rings is 2. The van der Waals surface area contributed by atoms with E-state index >= 15 is 0 Å². The van der Waals surface area contributed by atoms with Crippen LogP contribution in [0.15, 0.2) is 58.8 Å². The Kier molecular flexibility index (Phi) is 4.79. The fourth-order valence-electron chi connectivity index (χ4n) is 2.22. The average Bonchev–Trinajstić information content (AvgIpc) is 3.03. The zero-order valence-electron chi connectivity index (χ0n) is 12.9. The Hall–Kier alpha value is -2.11. The molecule has 0 radical (unpaired) electrons. The molecule has 5 heteroatoms. The molecule has 1 aromatic heterocycles. The molecule has 0 unspecified atom stereocenters. The zero-order valence-corrected chi connectivity index (χ0v) is 14.5. The standard InChI is InChI=1S/C18H16N2OS2/c1-12-5-3-4-6-15(12)17(21)20-18-19-16(11-23-18)13-7-9-14(22-2)10-8-13/h3-11H,1-2H3,(H,19,20,21). The summed E-state index contributed by atoms with van der Waals surface area (Å²) in [6.45, 7) is 1.93. The number of anilines is 1. The molecule has 3 nitrogen and oxygen atoms in total. The first-order chi connectivity index (χ1) is 11.2. The van der Waals surface area contributed by atoms with Crippen LogP contribution in [-0.2, 0) is 0 Å². The van der Waals surface area contributed by atoms with Crippen molar-refractivity contribution in [1.82, 2.24) is 4.98 Å². The second-order valence-corrected chi connectivity index (χ2v) is 6.77. The largest absolute Gasteiger partial charge is 0.298 e. The van der Waals surface area contributed by atoms with Gasteiger partial charge in [0.25, 0.3) is 5.91 Å². The number of hydrogen-bond donors (Lipinski definition) is 1. The molecule has 116 valence electrons. The van der Waals surface area contributed by atoms with Crippen molar-refractivity contribution in [3.8, 4) is 11.3 Å². The molecule has 0 spiro atoms. The lowest BCUT2D eigenvalue weighted by Gasteiger charge is -2.04. The summed E-state index contributed by atoms with van der Waals surface area (Å²) in [5, 5.41) is 5.45. The summed E-state index contributed by atoms with van der Waals surface area (Å²) in [5.74, 6) is -0.123. The van der Waals surface area contributed by atoms with Crippen molar-refractivity contribution in [3.63, 3.8) is 0 Å². The van der Waals surface area contributed by atoms with Gasteiger partial charge in [-0.2, -0.15) is 0 Å². The summed E-state index contributed by atoms with van der Waals surface area (Å²) in [6.07, 6.45) is 2.05. The van der Waals surface area contributed by atoms with Gasteiger partial charge >= 0.3 is 0 Å². The van der Waals surface area contributed by atoms with Crippen LogP contribution in [0.1, 0.15) is 15.9 Å². The molecule has 1 heterocycles. The monoisotopic (exact) mass is 340 g/mol. The lowest BCUT2D eigenvalue weighted by Crippen LogP contribution is -2.12. The summed E-state index contributed by atoms with van der Waals surface area (Å²) in [7, 11) is 0. The van der Waals surface area contributed by atoms with E-state index in [1.54, 1.807) is 11.8 Å². The van der Waals surface area contributed by atoms with Crippen LogP contribution >= 0.6 is 23.1 Å². The molecule has 0 bridgehead atoms. The minimum atomic E-state index is -0.123. The summed E-state index contributed by atoms with van der Waals surface area (Å²) in [5.41, 5.74) is 3.56. The van der Waals surface area contributed by atoms with Gasteiger partial charge < -0.3 is 0 Å². The maximum Gasteiger partial charge on any atom is 0.257 e. The number of nitrogens with zero attached hydrogens (tertiary/aromatic N) is 1. The Labute approximate surface area is 143 Å². The number of rotatable bonds is 4. The molecule has 2 aromatic carbocycles. The number of hydrogen-bond acceptors (Lipinski definition) is 4.